The average molecular weight is 410 g/mol. The van der Waals surface area contributed by atoms with Gasteiger partial charge in [0.2, 0.25) is 5.91 Å². The molecule has 0 bridgehead atoms. The maximum absolute atomic E-state index is 12.0. The number of carbonyl (C=O) groups is 2. The number of piperidine rings is 1. The van der Waals surface area contributed by atoms with Gasteiger partial charge in [-0.1, -0.05) is 26.2 Å². The first-order valence-electron chi connectivity index (χ1n) is 11.1. The molecule has 2 fully saturated rings. The summed E-state index contributed by atoms with van der Waals surface area (Å²) in [4.78, 5) is 31.8. The zero-order valence-electron chi connectivity index (χ0n) is 18.6. The summed E-state index contributed by atoms with van der Waals surface area (Å²) in [5.74, 6) is 1.47. The van der Waals surface area contributed by atoms with E-state index >= 15 is 0 Å². The molecule has 8 heteroatoms. The molecular formula is C21H39N5O3. The van der Waals surface area contributed by atoms with Gasteiger partial charge in [0.25, 0.3) is 0 Å². The van der Waals surface area contributed by atoms with E-state index in [1.807, 2.05) is 6.92 Å². The number of ether oxygens (including phenoxy) is 1. The van der Waals surface area contributed by atoms with E-state index in [-0.39, 0.29) is 24.6 Å². The van der Waals surface area contributed by atoms with Crippen LogP contribution in [0.15, 0.2) is 4.99 Å². The summed E-state index contributed by atoms with van der Waals surface area (Å²) in [6.07, 6.45) is 7.48. The molecule has 2 rings (SSSR count). The third kappa shape index (κ3) is 7.74. The van der Waals surface area contributed by atoms with Gasteiger partial charge >= 0.3 is 6.09 Å². The Balaban J connectivity index is 1.94. The molecule has 166 valence electrons. The number of nitrogens with zero attached hydrogens (tertiary/aromatic N) is 3. The smallest absolute Gasteiger partial charge is 0.409 e. The largest absolute Gasteiger partial charge is 0.450 e. The molecule has 8 nitrogen and oxygen atoms in total. The topological polar surface area (TPSA) is 86.3 Å². The predicted molar refractivity (Wildman–Crippen MR) is 115 cm³/mol. The van der Waals surface area contributed by atoms with Crippen LogP contribution in [0.5, 0.6) is 0 Å². The number of amides is 2. The highest BCUT2D eigenvalue weighted by molar-refractivity contribution is 5.85. The van der Waals surface area contributed by atoms with Gasteiger partial charge in [0.1, 0.15) is 6.54 Å². The van der Waals surface area contributed by atoms with Crippen molar-refractivity contribution in [2.24, 2.45) is 10.9 Å². The molecule has 2 aliphatic rings. The summed E-state index contributed by atoms with van der Waals surface area (Å²) in [5.41, 5.74) is 0. The SMILES string of the molecule is CCOC(=O)N1CCC(NC(=NCC(=O)N(C)C)NC2CCCC(CC)C2)CC1. The lowest BCUT2D eigenvalue weighted by atomic mass is 9.84. The summed E-state index contributed by atoms with van der Waals surface area (Å²) in [6.45, 7) is 5.95. The van der Waals surface area contributed by atoms with Gasteiger partial charge in [-0.25, -0.2) is 9.79 Å². The lowest BCUT2D eigenvalue weighted by Gasteiger charge is -2.34. The summed E-state index contributed by atoms with van der Waals surface area (Å²) in [7, 11) is 3.49. The molecule has 1 saturated carbocycles. The van der Waals surface area contributed by atoms with Crippen LogP contribution in [0.1, 0.15) is 58.8 Å². The standard InChI is InChI=1S/C21H39N5O3/c1-5-16-8-7-9-18(14-16)24-20(22-15-19(27)25(3)4)23-17-10-12-26(13-11-17)21(28)29-6-2/h16-18H,5-15H2,1-4H3,(H2,22,23,24). The molecule has 2 unspecified atom stereocenters. The molecular weight excluding hydrogens is 370 g/mol. The zero-order chi connectivity index (χ0) is 21.2. The van der Waals surface area contributed by atoms with Gasteiger partial charge in [0.05, 0.1) is 6.61 Å². The molecule has 0 radical (unpaired) electrons. The third-order valence-electron chi connectivity index (χ3n) is 5.93. The van der Waals surface area contributed by atoms with Crippen molar-refractivity contribution in [2.75, 3.05) is 40.3 Å². The first-order chi connectivity index (χ1) is 13.9. The Kier molecular flexibility index (Phi) is 9.54. The van der Waals surface area contributed by atoms with Crippen LogP contribution in [-0.2, 0) is 9.53 Å². The van der Waals surface area contributed by atoms with E-state index in [2.05, 4.69) is 22.5 Å². The van der Waals surface area contributed by atoms with E-state index in [4.69, 9.17) is 4.74 Å². The fourth-order valence-corrected chi connectivity index (χ4v) is 4.02. The van der Waals surface area contributed by atoms with Gasteiger partial charge < -0.3 is 25.2 Å². The average Bonchev–Trinajstić information content (AvgIpc) is 2.72. The molecule has 2 N–H and O–H groups in total. The maximum Gasteiger partial charge on any atom is 0.409 e. The van der Waals surface area contributed by atoms with E-state index < -0.39 is 0 Å². The Labute approximate surface area is 175 Å². The summed E-state index contributed by atoms with van der Waals surface area (Å²) < 4.78 is 5.09. The highest BCUT2D eigenvalue weighted by Gasteiger charge is 2.26. The number of likely N-dealkylation sites (tertiary alicyclic amines) is 1. The van der Waals surface area contributed by atoms with Gasteiger partial charge in [-0.05, 0) is 38.5 Å². The fourth-order valence-electron chi connectivity index (χ4n) is 4.02. The zero-order valence-corrected chi connectivity index (χ0v) is 18.6. The summed E-state index contributed by atoms with van der Waals surface area (Å²) >= 11 is 0. The second kappa shape index (κ2) is 11.9. The molecule has 1 aliphatic carbocycles. The van der Waals surface area contributed by atoms with Gasteiger partial charge in [-0.2, -0.15) is 0 Å². The minimum atomic E-state index is -0.234. The van der Waals surface area contributed by atoms with Crippen LogP contribution in [0.2, 0.25) is 0 Å². The number of hydrogen-bond acceptors (Lipinski definition) is 4. The van der Waals surface area contributed by atoms with Gasteiger partial charge in [-0.3, -0.25) is 4.79 Å². The van der Waals surface area contributed by atoms with Gasteiger partial charge in [-0.15, -0.1) is 0 Å². The van der Waals surface area contributed by atoms with Crippen molar-refractivity contribution in [1.29, 1.82) is 0 Å². The van der Waals surface area contributed by atoms with Crippen LogP contribution in [0.25, 0.3) is 0 Å². The van der Waals surface area contributed by atoms with Crippen LogP contribution in [0.4, 0.5) is 4.79 Å². The number of hydrogen-bond donors (Lipinski definition) is 2. The molecule has 1 heterocycles. The fraction of sp³-hybridized carbons (Fsp3) is 0.857. The Bertz CT molecular complexity index is 559. The van der Waals surface area contributed by atoms with E-state index in [0.29, 0.717) is 25.7 Å². The quantitative estimate of drug-likeness (QED) is 0.519. The van der Waals surface area contributed by atoms with Crippen molar-refractivity contribution in [1.82, 2.24) is 20.4 Å². The van der Waals surface area contributed by atoms with Crippen molar-refractivity contribution < 1.29 is 14.3 Å². The van der Waals surface area contributed by atoms with E-state index in [1.165, 1.54) is 19.3 Å². The lowest BCUT2D eigenvalue weighted by molar-refractivity contribution is -0.127. The molecule has 0 aromatic rings. The number of nitrogens with one attached hydrogen (secondary N) is 2. The second-order valence-corrected chi connectivity index (χ2v) is 8.34. The summed E-state index contributed by atoms with van der Waals surface area (Å²) in [6, 6.07) is 0.626. The van der Waals surface area contributed by atoms with Crippen LogP contribution >= 0.6 is 0 Å². The minimum absolute atomic E-state index is 0.0155. The van der Waals surface area contributed by atoms with Crippen molar-refractivity contribution in [3.63, 3.8) is 0 Å². The molecule has 0 aromatic carbocycles. The molecule has 29 heavy (non-hydrogen) atoms. The van der Waals surface area contributed by atoms with E-state index in [9.17, 15) is 9.59 Å². The highest BCUT2D eigenvalue weighted by Crippen LogP contribution is 2.26. The number of guanidine groups is 1. The minimum Gasteiger partial charge on any atom is -0.450 e. The first kappa shape index (κ1) is 23.3. The molecule has 2 amide bonds. The number of likely N-dealkylation sites (N-methyl/N-ethyl adjacent to an activating group) is 1. The Hall–Kier alpha value is -1.99. The second-order valence-electron chi connectivity index (χ2n) is 8.34. The number of rotatable bonds is 6. The van der Waals surface area contributed by atoms with Crippen molar-refractivity contribution in [2.45, 2.75) is 70.9 Å². The Morgan fingerprint density at radius 3 is 2.38 bits per heavy atom. The first-order valence-corrected chi connectivity index (χ1v) is 11.1. The third-order valence-corrected chi connectivity index (χ3v) is 5.93. The highest BCUT2D eigenvalue weighted by atomic mass is 16.6. The van der Waals surface area contributed by atoms with Gasteiger partial charge in [0.15, 0.2) is 5.96 Å². The van der Waals surface area contributed by atoms with Crippen LogP contribution in [-0.4, -0.2) is 80.2 Å². The van der Waals surface area contributed by atoms with Crippen LogP contribution in [0.3, 0.4) is 0 Å². The molecule has 1 aliphatic heterocycles. The van der Waals surface area contributed by atoms with Crippen molar-refractivity contribution in [3.05, 3.63) is 0 Å². The Morgan fingerprint density at radius 1 is 1.07 bits per heavy atom. The number of aliphatic imine (C=N–C) groups is 1. The Morgan fingerprint density at radius 2 is 1.76 bits per heavy atom. The molecule has 2 atom stereocenters. The predicted octanol–water partition coefficient (Wildman–Crippen LogP) is 2.20. The van der Waals surface area contributed by atoms with Crippen molar-refractivity contribution in [3.8, 4) is 0 Å². The molecule has 0 spiro atoms. The van der Waals surface area contributed by atoms with Gasteiger partial charge in [0, 0.05) is 39.3 Å². The van der Waals surface area contributed by atoms with E-state index in [0.717, 1.165) is 37.6 Å². The number of carbonyl (C=O) groups excluding carboxylic acids is 2. The van der Waals surface area contributed by atoms with Crippen LogP contribution in [0, 0.1) is 5.92 Å². The molecule has 1 saturated heterocycles. The normalized spacial score (nSPS) is 23.4. The summed E-state index contributed by atoms with van der Waals surface area (Å²) in [5, 5.41) is 7.09. The monoisotopic (exact) mass is 409 g/mol. The van der Waals surface area contributed by atoms with Crippen molar-refractivity contribution >= 4 is 18.0 Å². The van der Waals surface area contributed by atoms with E-state index in [1.54, 1.807) is 23.9 Å². The maximum atomic E-state index is 12.0. The van der Waals surface area contributed by atoms with Crippen LogP contribution < -0.4 is 10.6 Å². The molecule has 0 aromatic heterocycles. The lowest BCUT2D eigenvalue weighted by Crippen LogP contribution is -2.52.